The summed E-state index contributed by atoms with van der Waals surface area (Å²) >= 11 is 6.45. The van der Waals surface area contributed by atoms with E-state index in [1.165, 1.54) is 37.3 Å². The Hall–Kier alpha value is -3.76. The number of carbonyl (C=O) groups is 2. The predicted molar refractivity (Wildman–Crippen MR) is 165 cm³/mol. The molecular weight excluding hydrogens is 578 g/mol. The van der Waals surface area contributed by atoms with Crippen LogP contribution in [0.4, 0.5) is 5.69 Å². The SMILES string of the molecule is CCCCNC(=O)[C@@H](CC)N(Cc1ccccc1Cl)C(=O)CN(c1ccc(OC)c(OC)c1)S(=O)(=O)c1ccccc1. The highest BCUT2D eigenvalue weighted by molar-refractivity contribution is 7.92. The van der Waals surface area contributed by atoms with Crippen molar-refractivity contribution < 1.29 is 27.5 Å². The van der Waals surface area contributed by atoms with Gasteiger partial charge in [0.1, 0.15) is 12.6 Å². The maximum Gasteiger partial charge on any atom is 0.264 e. The third kappa shape index (κ3) is 7.95. The summed E-state index contributed by atoms with van der Waals surface area (Å²) in [5, 5.41) is 3.35. The van der Waals surface area contributed by atoms with Gasteiger partial charge in [0.2, 0.25) is 11.8 Å². The van der Waals surface area contributed by atoms with Crippen LogP contribution in [0.25, 0.3) is 0 Å². The van der Waals surface area contributed by atoms with Crippen LogP contribution in [0.15, 0.2) is 77.7 Å². The second-order valence-electron chi connectivity index (χ2n) is 9.55. The maximum atomic E-state index is 14.2. The number of hydrogen-bond acceptors (Lipinski definition) is 6. The minimum Gasteiger partial charge on any atom is -0.493 e. The quantitative estimate of drug-likeness (QED) is 0.233. The summed E-state index contributed by atoms with van der Waals surface area (Å²) in [4.78, 5) is 28.9. The normalized spacial score (nSPS) is 11.8. The molecule has 0 heterocycles. The third-order valence-electron chi connectivity index (χ3n) is 6.78. The van der Waals surface area contributed by atoms with E-state index in [1.54, 1.807) is 54.6 Å². The predicted octanol–water partition coefficient (Wildman–Crippen LogP) is 5.28. The molecule has 0 aliphatic heterocycles. The summed E-state index contributed by atoms with van der Waals surface area (Å²) in [7, 11) is -1.30. The number of methoxy groups -OCH3 is 2. The largest absolute Gasteiger partial charge is 0.493 e. The van der Waals surface area contributed by atoms with E-state index in [0.29, 0.717) is 35.1 Å². The molecule has 3 aromatic carbocycles. The molecule has 3 rings (SSSR count). The number of nitrogens with one attached hydrogen (secondary N) is 1. The molecule has 0 unspecified atom stereocenters. The molecule has 0 fully saturated rings. The number of anilines is 1. The van der Waals surface area contributed by atoms with Crippen LogP contribution in [-0.4, -0.2) is 58.5 Å². The van der Waals surface area contributed by atoms with Crippen molar-refractivity contribution in [2.75, 3.05) is 31.6 Å². The molecule has 0 spiro atoms. The molecular formula is C31H38ClN3O6S. The number of ether oxygens (including phenoxy) is 2. The van der Waals surface area contributed by atoms with Gasteiger partial charge in [0.25, 0.3) is 10.0 Å². The molecule has 0 saturated heterocycles. The lowest BCUT2D eigenvalue weighted by atomic mass is 10.1. The van der Waals surface area contributed by atoms with Crippen LogP contribution in [0.2, 0.25) is 5.02 Å². The van der Waals surface area contributed by atoms with Gasteiger partial charge in [0.05, 0.1) is 24.8 Å². The highest BCUT2D eigenvalue weighted by Crippen LogP contribution is 2.34. The van der Waals surface area contributed by atoms with E-state index >= 15 is 0 Å². The smallest absolute Gasteiger partial charge is 0.264 e. The molecule has 3 aromatic rings. The van der Waals surface area contributed by atoms with Crippen molar-refractivity contribution >= 4 is 39.1 Å². The van der Waals surface area contributed by atoms with E-state index in [4.69, 9.17) is 21.1 Å². The summed E-state index contributed by atoms with van der Waals surface area (Å²) in [5.74, 6) is -0.179. The average Bonchev–Trinajstić information content (AvgIpc) is 3.00. The van der Waals surface area contributed by atoms with E-state index < -0.39 is 28.5 Å². The zero-order valence-corrected chi connectivity index (χ0v) is 26.0. The Kier molecular flexibility index (Phi) is 12.1. The first-order valence-corrected chi connectivity index (χ1v) is 15.6. The minimum absolute atomic E-state index is 0.00888. The molecule has 0 aliphatic carbocycles. The lowest BCUT2D eigenvalue weighted by Crippen LogP contribution is -2.52. The molecule has 0 saturated carbocycles. The zero-order chi connectivity index (χ0) is 30.7. The number of rotatable bonds is 15. The van der Waals surface area contributed by atoms with E-state index in [9.17, 15) is 18.0 Å². The standard InChI is InChI=1S/C31H38ClN3O6S/c1-5-7-19-33-31(37)27(6-2)34(21-23-13-11-12-16-26(23)32)30(36)22-35(42(38,39)25-14-9-8-10-15-25)24-17-18-28(40-3)29(20-24)41-4/h8-18,20,27H,5-7,19,21-22H2,1-4H3,(H,33,37)/t27-/m1/s1. The fourth-order valence-corrected chi connectivity index (χ4v) is 6.09. The second-order valence-corrected chi connectivity index (χ2v) is 11.8. The summed E-state index contributed by atoms with van der Waals surface area (Å²) in [6.45, 7) is 3.75. The molecule has 2 amide bonds. The topological polar surface area (TPSA) is 105 Å². The lowest BCUT2D eigenvalue weighted by molar-refractivity contribution is -0.140. The monoisotopic (exact) mass is 615 g/mol. The van der Waals surface area contributed by atoms with Crippen LogP contribution in [0.1, 0.15) is 38.7 Å². The number of hydrogen-bond donors (Lipinski definition) is 1. The van der Waals surface area contributed by atoms with Crippen molar-refractivity contribution in [1.82, 2.24) is 10.2 Å². The Labute approximate surface area is 253 Å². The Morgan fingerprint density at radius 2 is 1.60 bits per heavy atom. The van der Waals surface area contributed by atoms with Gasteiger partial charge < -0.3 is 19.7 Å². The van der Waals surface area contributed by atoms with Crippen molar-refractivity contribution in [2.24, 2.45) is 0 Å². The molecule has 0 radical (unpaired) electrons. The van der Waals surface area contributed by atoms with Crippen molar-refractivity contribution in [1.29, 1.82) is 0 Å². The van der Waals surface area contributed by atoms with Crippen molar-refractivity contribution in [3.63, 3.8) is 0 Å². The number of amides is 2. The summed E-state index contributed by atoms with van der Waals surface area (Å²) in [5.41, 5.74) is 0.832. The number of carbonyl (C=O) groups excluding carboxylic acids is 2. The van der Waals surface area contributed by atoms with Crippen LogP contribution in [0.3, 0.4) is 0 Å². The average molecular weight is 616 g/mol. The molecule has 0 aliphatic rings. The van der Waals surface area contributed by atoms with Gasteiger partial charge in [-0.2, -0.15) is 0 Å². The maximum absolute atomic E-state index is 14.2. The van der Waals surface area contributed by atoms with E-state index in [0.717, 1.165) is 17.1 Å². The number of unbranched alkanes of at least 4 members (excludes halogenated alkanes) is 1. The second kappa shape index (κ2) is 15.5. The molecule has 11 heteroatoms. The molecule has 0 aromatic heterocycles. The van der Waals surface area contributed by atoms with Gasteiger partial charge in [0, 0.05) is 24.2 Å². The van der Waals surface area contributed by atoms with Crippen molar-refractivity contribution in [2.45, 2.75) is 50.6 Å². The van der Waals surface area contributed by atoms with Gasteiger partial charge >= 0.3 is 0 Å². The van der Waals surface area contributed by atoms with Gasteiger partial charge in [-0.25, -0.2) is 8.42 Å². The third-order valence-corrected chi connectivity index (χ3v) is 8.94. The van der Waals surface area contributed by atoms with Crippen molar-refractivity contribution in [3.05, 3.63) is 83.4 Å². The van der Waals surface area contributed by atoms with Gasteiger partial charge in [0.15, 0.2) is 11.5 Å². The Bertz CT molecular complexity index is 1450. The first-order valence-electron chi connectivity index (χ1n) is 13.8. The van der Waals surface area contributed by atoms with E-state index in [1.807, 2.05) is 13.8 Å². The highest BCUT2D eigenvalue weighted by Gasteiger charge is 2.34. The fraction of sp³-hybridized carbons (Fsp3) is 0.355. The van der Waals surface area contributed by atoms with Gasteiger partial charge in [-0.15, -0.1) is 0 Å². The zero-order valence-electron chi connectivity index (χ0n) is 24.4. The van der Waals surface area contributed by atoms with Gasteiger partial charge in [-0.3, -0.25) is 13.9 Å². The van der Waals surface area contributed by atoms with Crippen LogP contribution in [0.5, 0.6) is 11.5 Å². The highest BCUT2D eigenvalue weighted by atomic mass is 35.5. The fourth-order valence-electron chi connectivity index (χ4n) is 4.46. The van der Waals surface area contributed by atoms with E-state index in [-0.39, 0.29) is 23.0 Å². The Balaban J connectivity index is 2.09. The van der Waals surface area contributed by atoms with Gasteiger partial charge in [-0.1, -0.05) is 68.3 Å². The van der Waals surface area contributed by atoms with Gasteiger partial charge in [-0.05, 0) is 48.7 Å². The number of nitrogens with zero attached hydrogens (tertiary/aromatic N) is 2. The Morgan fingerprint density at radius 3 is 2.21 bits per heavy atom. The number of sulfonamides is 1. The molecule has 0 bridgehead atoms. The lowest BCUT2D eigenvalue weighted by Gasteiger charge is -2.33. The van der Waals surface area contributed by atoms with Crippen LogP contribution in [0, 0.1) is 0 Å². The molecule has 1 N–H and O–H groups in total. The molecule has 42 heavy (non-hydrogen) atoms. The molecule has 226 valence electrons. The minimum atomic E-state index is -4.22. The number of halogens is 1. The van der Waals surface area contributed by atoms with Crippen LogP contribution < -0.4 is 19.1 Å². The summed E-state index contributed by atoms with van der Waals surface area (Å²) < 4.78 is 39.7. The first kappa shape index (κ1) is 32.8. The first-order chi connectivity index (χ1) is 20.2. The molecule has 9 nitrogen and oxygen atoms in total. The van der Waals surface area contributed by atoms with Crippen LogP contribution >= 0.6 is 11.6 Å². The Morgan fingerprint density at radius 1 is 0.929 bits per heavy atom. The van der Waals surface area contributed by atoms with Crippen LogP contribution in [-0.2, 0) is 26.2 Å². The van der Waals surface area contributed by atoms with E-state index in [2.05, 4.69) is 5.32 Å². The summed E-state index contributed by atoms with van der Waals surface area (Å²) in [6.07, 6.45) is 2.01. The summed E-state index contributed by atoms with van der Waals surface area (Å²) in [6, 6.07) is 18.7. The van der Waals surface area contributed by atoms with Crippen molar-refractivity contribution in [3.8, 4) is 11.5 Å². The molecule has 1 atom stereocenters. The number of benzene rings is 3.